The van der Waals surface area contributed by atoms with Crippen LogP contribution in [0.25, 0.3) is 6.08 Å². The Kier molecular flexibility index (Phi) is 4.47. The fraction of sp³-hybridized carbons (Fsp3) is 0.176. The molecule has 112 valence electrons. The first-order chi connectivity index (χ1) is 10.6. The van der Waals surface area contributed by atoms with Gasteiger partial charge in [0.05, 0.1) is 10.9 Å². The number of thioether (sulfide) groups is 1. The Morgan fingerprint density at radius 1 is 1.23 bits per heavy atom. The van der Waals surface area contributed by atoms with Crippen LogP contribution >= 0.6 is 35.3 Å². The van der Waals surface area contributed by atoms with Crippen molar-refractivity contribution < 1.29 is 4.79 Å². The van der Waals surface area contributed by atoms with E-state index in [-0.39, 0.29) is 11.9 Å². The Bertz CT molecular complexity index is 748. The van der Waals surface area contributed by atoms with E-state index in [4.69, 9.17) is 12.2 Å². The zero-order valence-electron chi connectivity index (χ0n) is 12.3. The van der Waals surface area contributed by atoms with Crippen LogP contribution < -0.4 is 0 Å². The maximum absolute atomic E-state index is 12.7. The highest BCUT2D eigenvalue weighted by atomic mass is 32.2. The fourth-order valence-electron chi connectivity index (χ4n) is 2.35. The molecular formula is C17H15NOS3. The van der Waals surface area contributed by atoms with Crippen molar-refractivity contribution in [3.05, 3.63) is 62.7 Å². The Hall–Kier alpha value is -1.43. The first kappa shape index (κ1) is 15.5. The Labute approximate surface area is 143 Å². The van der Waals surface area contributed by atoms with Crippen LogP contribution in [0.1, 0.15) is 29.0 Å². The molecule has 3 rings (SSSR count). The number of nitrogens with zero attached hydrogens (tertiary/aromatic N) is 1. The molecule has 1 aromatic carbocycles. The molecule has 0 aliphatic carbocycles. The van der Waals surface area contributed by atoms with Gasteiger partial charge in [-0.1, -0.05) is 54.3 Å². The number of rotatable bonds is 3. The zero-order chi connectivity index (χ0) is 15.7. The molecule has 0 radical (unpaired) electrons. The first-order valence-corrected chi connectivity index (χ1v) is 9.04. The molecule has 1 amide bonds. The summed E-state index contributed by atoms with van der Waals surface area (Å²) in [6.45, 7) is 4.06. The standard InChI is InChI=1S/C17H15NOS3/c1-11-8-9-21-14(11)10-15-16(19)18(17(20)22-15)12(2)13-6-4-3-5-7-13/h3-10,12H,1-2H3/b15-10+/t12-/m1/s1. The Balaban J connectivity index is 1.89. The molecule has 2 aromatic rings. The smallest absolute Gasteiger partial charge is 0.266 e. The number of carbonyl (C=O) groups is 1. The van der Waals surface area contributed by atoms with E-state index < -0.39 is 0 Å². The lowest BCUT2D eigenvalue weighted by Gasteiger charge is -2.23. The molecule has 0 spiro atoms. The minimum absolute atomic E-state index is 0.000784. The second-order valence-electron chi connectivity index (χ2n) is 5.11. The Morgan fingerprint density at radius 3 is 2.59 bits per heavy atom. The Morgan fingerprint density at radius 2 is 1.95 bits per heavy atom. The van der Waals surface area contributed by atoms with Gasteiger partial charge in [-0.05, 0) is 42.5 Å². The number of benzene rings is 1. The second kappa shape index (κ2) is 6.36. The lowest BCUT2D eigenvalue weighted by molar-refractivity contribution is -0.123. The molecule has 22 heavy (non-hydrogen) atoms. The van der Waals surface area contributed by atoms with Crippen molar-refractivity contribution in [2.24, 2.45) is 0 Å². The molecule has 0 unspecified atom stereocenters. The van der Waals surface area contributed by atoms with Gasteiger partial charge in [-0.15, -0.1) is 11.3 Å². The molecule has 1 aliphatic rings. The molecule has 0 saturated carbocycles. The summed E-state index contributed by atoms with van der Waals surface area (Å²) in [4.78, 5) is 16.3. The molecule has 2 heterocycles. The van der Waals surface area contributed by atoms with Gasteiger partial charge in [0, 0.05) is 4.88 Å². The number of hydrogen-bond donors (Lipinski definition) is 0. The van der Waals surface area contributed by atoms with Crippen LogP contribution in [0.3, 0.4) is 0 Å². The summed E-state index contributed by atoms with van der Waals surface area (Å²) in [6.07, 6.45) is 1.96. The first-order valence-electron chi connectivity index (χ1n) is 6.94. The summed E-state index contributed by atoms with van der Waals surface area (Å²) in [5, 5.41) is 2.04. The lowest BCUT2D eigenvalue weighted by atomic mass is 10.1. The molecule has 0 bridgehead atoms. The molecule has 1 aliphatic heterocycles. The largest absolute Gasteiger partial charge is 0.286 e. The normalized spacial score (nSPS) is 18.3. The van der Waals surface area contributed by atoms with Gasteiger partial charge >= 0.3 is 0 Å². The quantitative estimate of drug-likeness (QED) is 0.575. The molecule has 1 saturated heterocycles. The van der Waals surface area contributed by atoms with Crippen molar-refractivity contribution in [2.75, 3.05) is 0 Å². The zero-order valence-corrected chi connectivity index (χ0v) is 14.7. The van der Waals surface area contributed by atoms with E-state index >= 15 is 0 Å². The van der Waals surface area contributed by atoms with E-state index in [0.717, 1.165) is 10.4 Å². The highest BCUT2D eigenvalue weighted by molar-refractivity contribution is 8.26. The topological polar surface area (TPSA) is 20.3 Å². The third-order valence-electron chi connectivity index (χ3n) is 3.66. The third kappa shape index (κ3) is 2.89. The van der Waals surface area contributed by atoms with Crippen LogP contribution in [0.2, 0.25) is 0 Å². The average Bonchev–Trinajstić information content (AvgIpc) is 3.04. The minimum Gasteiger partial charge on any atom is -0.286 e. The summed E-state index contributed by atoms with van der Waals surface area (Å²) in [5.74, 6) is -0.000784. The number of aryl methyl sites for hydroxylation is 1. The summed E-state index contributed by atoms with van der Waals surface area (Å²) < 4.78 is 0.627. The highest BCUT2D eigenvalue weighted by Gasteiger charge is 2.35. The van der Waals surface area contributed by atoms with E-state index in [1.807, 2.05) is 48.7 Å². The van der Waals surface area contributed by atoms with E-state index in [1.165, 1.54) is 17.3 Å². The van der Waals surface area contributed by atoms with E-state index in [1.54, 1.807) is 16.2 Å². The van der Waals surface area contributed by atoms with Crippen molar-refractivity contribution in [3.63, 3.8) is 0 Å². The lowest BCUT2D eigenvalue weighted by Crippen LogP contribution is -2.30. The summed E-state index contributed by atoms with van der Waals surface area (Å²) in [6, 6.07) is 12.0. The van der Waals surface area contributed by atoms with Gasteiger partial charge in [0.15, 0.2) is 0 Å². The number of thiocarbonyl (C=S) groups is 1. The van der Waals surface area contributed by atoms with Crippen LogP contribution in [0.15, 0.2) is 46.7 Å². The summed E-state index contributed by atoms with van der Waals surface area (Å²) in [7, 11) is 0. The third-order valence-corrected chi connectivity index (χ3v) is 5.95. The predicted octanol–water partition coefficient (Wildman–Crippen LogP) is 5.02. The van der Waals surface area contributed by atoms with Crippen LogP contribution in [0.4, 0.5) is 0 Å². The number of amides is 1. The summed E-state index contributed by atoms with van der Waals surface area (Å²) in [5.41, 5.74) is 2.28. The second-order valence-corrected chi connectivity index (χ2v) is 7.73. The molecule has 0 N–H and O–H groups in total. The highest BCUT2D eigenvalue weighted by Crippen LogP contribution is 2.38. The van der Waals surface area contributed by atoms with Gasteiger partial charge in [-0.25, -0.2) is 0 Å². The molecule has 2 nitrogen and oxygen atoms in total. The van der Waals surface area contributed by atoms with Crippen LogP contribution in [-0.2, 0) is 4.79 Å². The molecule has 1 atom stereocenters. The van der Waals surface area contributed by atoms with Gasteiger partial charge in [-0.2, -0.15) is 0 Å². The van der Waals surface area contributed by atoms with Crippen LogP contribution in [-0.4, -0.2) is 15.1 Å². The van der Waals surface area contributed by atoms with E-state index in [2.05, 4.69) is 13.0 Å². The van der Waals surface area contributed by atoms with Gasteiger partial charge in [-0.3, -0.25) is 9.69 Å². The van der Waals surface area contributed by atoms with Crippen molar-refractivity contribution in [1.82, 2.24) is 4.90 Å². The van der Waals surface area contributed by atoms with Crippen LogP contribution in [0.5, 0.6) is 0 Å². The molecule has 5 heteroatoms. The molecular weight excluding hydrogens is 330 g/mol. The molecule has 1 aromatic heterocycles. The monoisotopic (exact) mass is 345 g/mol. The number of hydrogen-bond acceptors (Lipinski definition) is 4. The maximum atomic E-state index is 12.7. The van der Waals surface area contributed by atoms with Crippen molar-refractivity contribution in [2.45, 2.75) is 19.9 Å². The molecule has 1 fully saturated rings. The van der Waals surface area contributed by atoms with Gasteiger partial charge in [0.1, 0.15) is 4.32 Å². The number of thiophene rings is 1. The van der Waals surface area contributed by atoms with Crippen LogP contribution in [0, 0.1) is 6.92 Å². The number of carbonyl (C=O) groups excluding carboxylic acids is 1. The van der Waals surface area contributed by atoms with Crippen molar-refractivity contribution >= 4 is 51.6 Å². The van der Waals surface area contributed by atoms with Gasteiger partial charge in [0.2, 0.25) is 0 Å². The van der Waals surface area contributed by atoms with Crippen molar-refractivity contribution in [1.29, 1.82) is 0 Å². The van der Waals surface area contributed by atoms with E-state index in [0.29, 0.717) is 9.23 Å². The predicted molar refractivity (Wildman–Crippen MR) is 98.9 cm³/mol. The SMILES string of the molecule is Cc1ccsc1/C=C1/SC(=S)N([C@H](C)c2ccccc2)C1=O. The minimum atomic E-state index is -0.0518. The maximum Gasteiger partial charge on any atom is 0.266 e. The van der Waals surface area contributed by atoms with Gasteiger partial charge in [0.25, 0.3) is 5.91 Å². The summed E-state index contributed by atoms with van der Waals surface area (Å²) >= 11 is 8.46. The van der Waals surface area contributed by atoms with E-state index in [9.17, 15) is 4.79 Å². The van der Waals surface area contributed by atoms with Crippen molar-refractivity contribution in [3.8, 4) is 0 Å². The average molecular weight is 346 g/mol. The fourth-order valence-corrected chi connectivity index (χ4v) is 4.68. The van der Waals surface area contributed by atoms with Gasteiger partial charge < -0.3 is 0 Å².